The van der Waals surface area contributed by atoms with E-state index in [2.05, 4.69) is 6.58 Å². The third kappa shape index (κ3) is 1.86. The zero-order chi connectivity index (χ0) is 10.8. The van der Waals surface area contributed by atoms with Gasteiger partial charge in [0, 0.05) is 0 Å². The average molecular weight is 203 g/mol. The SMILES string of the molecule is C=C1C(C)OC(=O)N1Cc1ccccc1. The third-order valence-electron chi connectivity index (χ3n) is 2.50. The predicted octanol–water partition coefficient (Wildman–Crippen LogP) is 2.54. The fourth-order valence-electron chi connectivity index (χ4n) is 1.55. The van der Waals surface area contributed by atoms with Gasteiger partial charge in [-0.15, -0.1) is 0 Å². The van der Waals surface area contributed by atoms with Crippen LogP contribution in [-0.2, 0) is 11.3 Å². The van der Waals surface area contributed by atoms with Crippen LogP contribution in [0.5, 0.6) is 0 Å². The van der Waals surface area contributed by atoms with Crippen LogP contribution in [0, 0.1) is 0 Å². The summed E-state index contributed by atoms with van der Waals surface area (Å²) in [5.74, 6) is 0. The summed E-state index contributed by atoms with van der Waals surface area (Å²) in [6, 6.07) is 9.79. The van der Waals surface area contributed by atoms with Gasteiger partial charge in [-0.1, -0.05) is 36.9 Å². The van der Waals surface area contributed by atoms with Crippen molar-refractivity contribution in [2.45, 2.75) is 19.6 Å². The molecule has 15 heavy (non-hydrogen) atoms. The van der Waals surface area contributed by atoms with E-state index in [0.29, 0.717) is 6.54 Å². The Morgan fingerprint density at radius 1 is 1.40 bits per heavy atom. The van der Waals surface area contributed by atoms with Crippen molar-refractivity contribution in [3.63, 3.8) is 0 Å². The highest BCUT2D eigenvalue weighted by atomic mass is 16.6. The Morgan fingerprint density at radius 3 is 2.60 bits per heavy atom. The molecule has 0 radical (unpaired) electrons. The lowest BCUT2D eigenvalue weighted by Crippen LogP contribution is -2.21. The van der Waals surface area contributed by atoms with Gasteiger partial charge in [0.25, 0.3) is 0 Å². The number of hydrogen-bond donors (Lipinski definition) is 0. The zero-order valence-corrected chi connectivity index (χ0v) is 8.64. The molecule has 1 unspecified atom stereocenters. The third-order valence-corrected chi connectivity index (χ3v) is 2.50. The summed E-state index contributed by atoms with van der Waals surface area (Å²) in [5, 5.41) is 0. The Bertz CT molecular complexity index is 386. The van der Waals surface area contributed by atoms with Crippen molar-refractivity contribution in [2.75, 3.05) is 0 Å². The van der Waals surface area contributed by atoms with E-state index in [0.717, 1.165) is 11.3 Å². The summed E-state index contributed by atoms with van der Waals surface area (Å²) in [5.41, 5.74) is 1.80. The first-order chi connectivity index (χ1) is 7.18. The molecular weight excluding hydrogens is 190 g/mol. The summed E-state index contributed by atoms with van der Waals surface area (Å²) >= 11 is 0. The highest BCUT2D eigenvalue weighted by molar-refractivity contribution is 5.73. The van der Waals surface area contributed by atoms with Gasteiger partial charge in [0.15, 0.2) is 0 Å². The van der Waals surface area contributed by atoms with Gasteiger partial charge < -0.3 is 4.74 Å². The number of carbonyl (C=O) groups is 1. The van der Waals surface area contributed by atoms with E-state index in [1.807, 2.05) is 37.3 Å². The quantitative estimate of drug-likeness (QED) is 0.739. The van der Waals surface area contributed by atoms with Gasteiger partial charge in [-0.05, 0) is 12.5 Å². The number of rotatable bonds is 2. The molecule has 1 amide bonds. The van der Waals surface area contributed by atoms with Crippen molar-refractivity contribution in [2.24, 2.45) is 0 Å². The minimum Gasteiger partial charge on any atom is -0.440 e. The summed E-state index contributed by atoms with van der Waals surface area (Å²) < 4.78 is 5.05. The second-order valence-corrected chi connectivity index (χ2v) is 3.59. The smallest absolute Gasteiger partial charge is 0.415 e. The first-order valence-corrected chi connectivity index (χ1v) is 4.89. The van der Waals surface area contributed by atoms with Crippen LogP contribution in [0.15, 0.2) is 42.6 Å². The van der Waals surface area contributed by atoms with E-state index in [-0.39, 0.29) is 12.2 Å². The molecular formula is C12H13NO2. The van der Waals surface area contributed by atoms with Crippen LogP contribution in [0.1, 0.15) is 12.5 Å². The summed E-state index contributed by atoms with van der Waals surface area (Å²) in [6.07, 6.45) is -0.516. The predicted molar refractivity (Wildman–Crippen MR) is 57.1 cm³/mol. The van der Waals surface area contributed by atoms with Crippen molar-refractivity contribution < 1.29 is 9.53 Å². The largest absolute Gasteiger partial charge is 0.440 e. The number of cyclic esters (lactones) is 1. The Balaban J connectivity index is 2.13. The number of ether oxygens (including phenoxy) is 1. The molecule has 1 aromatic rings. The van der Waals surface area contributed by atoms with E-state index in [9.17, 15) is 4.79 Å². The Hall–Kier alpha value is -1.77. The molecule has 1 aromatic carbocycles. The van der Waals surface area contributed by atoms with Gasteiger partial charge in [-0.2, -0.15) is 0 Å². The monoisotopic (exact) mass is 203 g/mol. The number of amides is 1. The van der Waals surface area contributed by atoms with Gasteiger partial charge in [-0.3, -0.25) is 4.90 Å². The lowest BCUT2D eigenvalue weighted by atomic mass is 10.2. The summed E-state index contributed by atoms with van der Waals surface area (Å²) in [7, 11) is 0. The summed E-state index contributed by atoms with van der Waals surface area (Å²) in [6.45, 7) is 6.20. The van der Waals surface area contributed by atoms with Crippen LogP contribution in [-0.4, -0.2) is 17.1 Å². The molecule has 1 fully saturated rings. The highest BCUT2D eigenvalue weighted by Gasteiger charge is 2.32. The number of hydrogen-bond acceptors (Lipinski definition) is 2. The maximum absolute atomic E-state index is 11.4. The Kier molecular flexibility index (Phi) is 2.46. The van der Waals surface area contributed by atoms with Crippen molar-refractivity contribution in [3.8, 4) is 0 Å². The molecule has 0 aliphatic carbocycles. The fourth-order valence-corrected chi connectivity index (χ4v) is 1.55. The van der Waals surface area contributed by atoms with Gasteiger partial charge in [0.2, 0.25) is 0 Å². The first kappa shape index (κ1) is 9.77. The van der Waals surface area contributed by atoms with Crippen molar-refractivity contribution in [3.05, 3.63) is 48.2 Å². The van der Waals surface area contributed by atoms with E-state index in [1.54, 1.807) is 4.90 Å². The maximum atomic E-state index is 11.4. The van der Waals surface area contributed by atoms with Gasteiger partial charge >= 0.3 is 6.09 Å². The van der Waals surface area contributed by atoms with Gasteiger partial charge in [-0.25, -0.2) is 4.79 Å². The molecule has 2 rings (SSSR count). The molecule has 1 heterocycles. The zero-order valence-electron chi connectivity index (χ0n) is 8.64. The molecule has 0 bridgehead atoms. The van der Waals surface area contributed by atoms with Gasteiger partial charge in [0.05, 0.1) is 12.2 Å². The van der Waals surface area contributed by atoms with E-state index in [4.69, 9.17) is 4.74 Å². The summed E-state index contributed by atoms with van der Waals surface area (Å²) in [4.78, 5) is 13.0. The van der Waals surface area contributed by atoms with Crippen molar-refractivity contribution in [1.29, 1.82) is 0 Å². The van der Waals surface area contributed by atoms with Crippen LogP contribution >= 0.6 is 0 Å². The molecule has 1 saturated heterocycles. The molecule has 0 saturated carbocycles. The second kappa shape index (κ2) is 3.77. The number of nitrogens with zero attached hydrogens (tertiary/aromatic N) is 1. The van der Waals surface area contributed by atoms with Crippen LogP contribution in [0.25, 0.3) is 0 Å². The molecule has 78 valence electrons. The van der Waals surface area contributed by atoms with Crippen molar-refractivity contribution >= 4 is 6.09 Å². The topological polar surface area (TPSA) is 29.5 Å². The molecule has 0 spiro atoms. The number of benzene rings is 1. The lowest BCUT2D eigenvalue weighted by molar-refractivity contribution is 0.138. The van der Waals surface area contributed by atoms with Gasteiger partial charge in [0.1, 0.15) is 6.10 Å². The Labute approximate surface area is 89.0 Å². The highest BCUT2D eigenvalue weighted by Crippen LogP contribution is 2.23. The van der Waals surface area contributed by atoms with E-state index >= 15 is 0 Å². The maximum Gasteiger partial charge on any atom is 0.415 e. The standard InChI is InChI=1S/C12H13NO2/c1-9-10(2)15-12(14)13(9)8-11-6-4-3-5-7-11/h3-7,10H,1,8H2,2H3. The average Bonchev–Trinajstić information content (AvgIpc) is 2.47. The van der Waals surface area contributed by atoms with Crippen LogP contribution in [0.3, 0.4) is 0 Å². The van der Waals surface area contributed by atoms with Crippen LogP contribution < -0.4 is 0 Å². The minimum absolute atomic E-state index is 0.207. The van der Waals surface area contributed by atoms with Crippen LogP contribution in [0.2, 0.25) is 0 Å². The Morgan fingerprint density at radius 2 is 2.07 bits per heavy atom. The normalized spacial score (nSPS) is 20.6. The fraction of sp³-hybridized carbons (Fsp3) is 0.250. The minimum atomic E-state index is -0.309. The van der Waals surface area contributed by atoms with E-state index in [1.165, 1.54) is 0 Å². The molecule has 3 heteroatoms. The molecule has 1 aliphatic heterocycles. The van der Waals surface area contributed by atoms with Crippen LogP contribution in [0.4, 0.5) is 4.79 Å². The molecule has 1 aliphatic rings. The lowest BCUT2D eigenvalue weighted by Gasteiger charge is -2.14. The molecule has 0 aromatic heterocycles. The molecule has 0 N–H and O–H groups in total. The second-order valence-electron chi connectivity index (χ2n) is 3.59. The van der Waals surface area contributed by atoms with Crippen molar-refractivity contribution in [1.82, 2.24) is 4.90 Å². The van der Waals surface area contributed by atoms with E-state index < -0.39 is 0 Å². The number of carbonyl (C=O) groups excluding carboxylic acids is 1. The molecule has 1 atom stereocenters. The first-order valence-electron chi connectivity index (χ1n) is 4.89. The molecule has 3 nitrogen and oxygen atoms in total.